The molecule has 2 N–H and O–H groups in total. The van der Waals surface area contributed by atoms with Crippen LogP contribution in [0.25, 0.3) is 0 Å². The van der Waals surface area contributed by atoms with Gasteiger partial charge in [-0.3, -0.25) is 0 Å². The van der Waals surface area contributed by atoms with Crippen LogP contribution < -0.4 is 10.6 Å². The number of hydrogen-bond donors (Lipinski definition) is 2. The Morgan fingerprint density at radius 1 is 1.44 bits per heavy atom. The minimum absolute atomic E-state index is 0.740. The van der Waals surface area contributed by atoms with Gasteiger partial charge in [0.05, 0.1) is 0 Å². The molecule has 0 amide bonds. The van der Waals surface area contributed by atoms with E-state index in [0.717, 1.165) is 25.7 Å². The van der Waals surface area contributed by atoms with Gasteiger partial charge in [0.25, 0.3) is 0 Å². The molecule has 0 spiro atoms. The summed E-state index contributed by atoms with van der Waals surface area (Å²) in [6.07, 6.45) is 2.60. The van der Waals surface area contributed by atoms with Gasteiger partial charge < -0.3 is 10.6 Å². The fraction of sp³-hybridized carbons (Fsp3) is 1.00. The van der Waals surface area contributed by atoms with Crippen LogP contribution in [0.3, 0.4) is 0 Å². The predicted molar refractivity (Wildman–Crippen MR) is 39.6 cm³/mol. The van der Waals surface area contributed by atoms with Crippen molar-refractivity contribution in [3.05, 3.63) is 0 Å². The quantitative estimate of drug-likeness (QED) is 0.560. The van der Waals surface area contributed by atoms with E-state index in [1.807, 2.05) is 0 Å². The Kier molecular flexibility index (Phi) is 3.01. The first-order valence-electron chi connectivity index (χ1n) is 3.87. The number of hydrogen-bond acceptors (Lipinski definition) is 2. The van der Waals surface area contributed by atoms with Crippen molar-refractivity contribution in [2.75, 3.05) is 19.6 Å². The molecule has 0 bridgehead atoms. The predicted octanol–water partition coefficient (Wildman–Crippen LogP) is 0.348. The summed E-state index contributed by atoms with van der Waals surface area (Å²) in [7, 11) is 0. The van der Waals surface area contributed by atoms with Crippen LogP contribution in [0.5, 0.6) is 0 Å². The average Bonchev–Trinajstić information content (AvgIpc) is 1.91. The molecule has 0 radical (unpaired) electrons. The number of rotatable bonds is 2. The molecular formula is C7H16N2. The van der Waals surface area contributed by atoms with Crippen LogP contribution in [0.1, 0.15) is 19.8 Å². The van der Waals surface area contributed by atoms with Gasteiger partial charge in [0.1, 0.15) is 0 Å². The largest absolute Gasteiger partial charge is 0.314 e. The minimum Gasteiger partial charge on any atom is -0.314 e. The SMILES string of the molecule is CCC[C@H]1CNCCN1. The zero-order valence-electron chi connectivity index (χ0n) is 6.11. The van der Waals surface area contributed by atoms with E-state index in [0.29, 0.717) is 0 Å². The van der Waals surface area contributed by atoms with Crippen molar-refractivity contribution >= 4 is 0 Å². The highest BCUT2D eigenvalue weighted by Crippen LogP contribution is 1.96. The highest BCUT2D eigenvalue weighted by Gasteiger charge is 2.08. The molecule has 1 heterocycles. The first kappa shape index (κ1) is 7.03. The third-order valence-corrected chi connectivity index (χ3v) is 1.76. The van der Waals surface area contributed by atoms with Gasteiger partial charge in [0, 0.05) is 25.7 Å². The van der Waals surface area contributed by atoms with Gasteiger partial charge in [-0.15, -0.1) is 0 Å². The number of piperazine rings is 1. The van der Waals surface area contributed by atoms with Crippen LogP contribution in [-0.2, 0) is 0 Å². The number of nitrogens with one attached hydrogen (secondary N) is 2. The van der Waals surface area contributed by atoms with Crippen molar-refractivity contribution in [2.24, 2.45) is 0 Å². The molecule has 1 atom stereocenters. The Hall–Kier alpha value is -0.0800. The Balaban J connectivity index is 2.08. The lowest BCUT2D eigenvalue weighted by Crippen LogP contribution is -2.48. The fourth-order valence-electron chi connectivity index (χ4n) is 1.27. The zero-order chi connectivity index (χ0) is 6.53. The van der Waals surface area contributed by atoms with Crippen LogP contribution in [-0.4, -0.2) is 25.7 Å². The van der Waals surface area contributed by atoms with Crippen molar-refractivity contribution < 1.29 is 0 Å². The Bertz CT molecular complexity index is 64.6. The highest BCUT2D eigenvalue weighted by atomic mass is 15.0. The maximum absolute atomic E-state index is 3.46. The molecule has 54 valence electrons. The molecule has 2 heteroatoms. The summed E-state index contributed by atoms with van der Waals surface area (Å²) in [6.45, 7) is 5.68. The molecule has 1 rings (SSSR count). The van der Waals surface area contributed by atoms with E-state index in [2.05, 4.69) is 17.6 Å². The van der Waals surface area contributed by atoms with Gasteiger partial charge in [-0.1, -0.05) is 13.3 Å². The van der Waals surface area contributed by atoms with Gasteiger partial charge in [0.15, 0.2) is 0 Å². The van der Waals surface area contributed by atoms with Crippen LogP contribution in [0.15, 0.2) is 0 Å². The Labute approximate surface area is 57.0 Å². The van der Waals surface area contributed by atoms with Gasteiger partial charge in [-0.25, -0.2) is 0 Å². The molecule has 0 saturated carbocycles. The first-order valence-corrected chi connectivity index (χ1v) is 3.87. The topological polar surface area (TPSA) is 24.1 Å². The normalized spacial score (nSPS) is 28.3. The maximum atomic E-state index is 3.46. The van der Waals surface area contributed by atoms with E-state index in [9.17, 15) is 0 Å². The summed E-state index contributed by atoms with van der Waals surface area (Å²) >= 11 is 0. The monoisotopic (exact) mass is 128 g/mol. The van der Waals surface area contributed by atoms with Gasteiger partial charge in [-0.2, -0.15) is 0 Å². The van der Waals surface area contributed by atoms with E-state index in [4.69, 9.17) is 0 Å². The molecule has 0 aromatic carbocycles. The van der Waals surface area contributed by atoms with Crippen molar-refractivity contribution in [2.45, 2.75) is 25.8 Å². The van der Waals surface area contributed by atoms with Crippen molar-refractivity contribution in [3.63, 3.8) is 0 Å². The Morgan fingerprint density at radius 2 is 2.33 bits per heavy atom. The summed E-state index contributed by atoms with van der Waals surface area (Å²) in [6, 6.07) is 0.740. The smallest absolute Gasteiger partial charge is 0.0192 e. The molecule has 1 aliphatic rings. The summed E-state index contributed by atoms with van der Waals surface area (Å²) in [4.78, 5) is 0. The zero-order valence-corrected chi connectivity index (χ0v) is 6.11. The molecule has 0 aromatic rings. The lowest BCUT2D eigenvalue weighted by atomic mass is 10.1. The van der Waals surface area contributed by atoms with Crippen LogP contribution in [0.4, 0.5) is 0 Å². The van der Waals surface area contributed by atoms with E-state index in [-0.39, 0.29) is 0 Å². The minimum atomic E-state index is 0.740. The molecule has 0 unspecified atom stereocenters. The molecule has 2 nitrogen and oxygen atoms in total. The fourth-order valence-corrected chi connectivity index (χ4v) is 1.27. The highest BCUT2D eigenvalue weighted by molar-refractivity contribution is 4.74. The molecule has 1 saturated heterocycles. The van der Waals surface area contributed by atoms with Crippen molar-refractivity contribution in [1.82, 2.24) is 10.6 Å². The summed E-state index contributed by atoms with van der Waals surface area (Å²) in [5.74, 6) is 0. The summed E-state index contributed by atoms with van der Waals surface area (Å²) in [5.41, 5.74) is 0. The lowest BCUT2D eigenvalue weighted by Gasteiger charge is -2.23. The van der Waals surface area contributed by atoms with E-state index < -0.39 is 0 Å². The van der Waals surface area contributed by atoms with E-state index >= 15 is 0 Å². The Morgan fingerprint density at radius 3 is 2.89 bits per heavy atom. The molecule has 0 aromatic heterocycles. The third kappa shape index (κ3) is 2.33. The molecule has 1 aliphatic heterocycles. The standard InChI is InChI=1S/C7H16N2/c1-2-3-7-6-8-4-5-9-7/h7-9H,2-6H2,1H3/t7-/m0/s1. The van der Waals surface area contributed by atoms with Gasteiger partial charge >= 0.3 is 0 Å². The third-order valence-electron chi connectivity index (χ3n) is 1.76. The summed E-state index contributed by atoms with van der Waals surface area (Å²) in [5, 5.41) is 6.81. The van der Waals surface area contributed by atoms with E-state index in [1.54, 1.807) is 0 Å². The first-order chi connectivity index (χ1) is 4.43. The second-order valence-corrected chi connectivity index (χ2v) is 2.64. The molecule has 0 aliphatic carbocycles. The van der Waals surface area contributed by atoms with Gasteiger partial charge in [-0.05, 0) is 6.42 Å². The molecular weight excluding hydrogens is 112 g/mol. The lowest BCUT2D eigenvalue weighted by molar-refractivity contribution is 0.397. The second-order valence-electron chi connectivity index (χ2n) is 2.64. The van der Waals surface area contributed by atoms with Crippen LogP contribution in [0, 0.1) is 0 Å². The van der Waals surface area contributed by atoms with Crippen LogP contribution >= 0.6 is 0 Å². The molecule has 1 fully saturated rings. The second kappa shape index (κ2) is 3.85. The summed E-state index contributed by atoms with van der Waals surface area (Å²) < 4.78 is 0. The average molecular weight is 128 g/mol. The molecule has 9 heavy (non-hydrogen) atoms. The van der Waals surface area contributed by atoms with Gasteiger partial charge in [0.2, 0.25) is 0 Å². The van der Waals surface area contributed by atoms with Crippen molar-refractivity contribution in [3.8, 4) is 0 Å². The van der Waals surface area contributed by atoms with E-state index in [1.165, 1.54) is 12.8 Å². The maximum Gasteiger partial charge on any atom is 0.0192 e. The van der Waals surface area contributed by atoms with Crippen LogP contribution in [0.2, 0.25) is 0 Å². The van der Waals surface area contributed by atoms with Crippen molar-refractivity contribution in [1.29, 1.82) is 0 Å².